The van der Waals surface area contributed by atoms with Crippen molar-refractivity contribution in [3.63, 3.8) is 0 Å². The minimum absolute atomic E-state index is 0.288. The van der Waals surface area contributed by atoms with Gasteiger partial charge in [-0.25, -0.2) is 4.79 Å². The highest BCUT2D eigenvalue weighted by molar-refractivity contribution is 5.78. The van der Waals surface area contributed by atoms with E-state index in [0.29, 0.717) is 26.1 Å². The minimum Gasteiger partial charge on any atom is -0.487 e. The lowest BCUT2D eigenvalue weighted by molar-refractivity contribution is 0.0222. The molecule has 2 aliphatic rings. The average molecular weight is 339 g/mol. The Bertz CT molecular complexity index is 842. The number of rotatable bonds is 0. The molecular formula is C19H21N3O3. The molecule has 2 aliphatic heterocycles. The van der Waals surface area contributed by atoms with Crippen LogP contribution < -0.4 is 4.74 Å². The van der Waals surface area contributed by atoms with Crippen LogP contribution in [0.15, 0.2) is 24.3 Å². The van der Waals surface area contributed by atoms with Crippen LogP contribution in [0.5, 0.6) is 5.75 Å². The van der Waals surface area contributed by atoms with Crippen molar-refractivity contribution in [3.8, 4) is 16.9 Å². The molecule has 25 heavy (non-hydrogen) atoms. The predicted octanol–water partition coefficient (Wildman–Crippen LogP) is 3.33. The number of para-hydroxylation sites is 1. The molecule has 0 radical (unpaired) electrons. The van der Waals surface area contributed by atoms with Gasteiger partial charge in [-0.3, -0.25) is 0 Å². The molecule has 0 N–H and O–H groups in total. The standard InChI is InChI=1S/C19H21N3O3/c1-19(2,3)25-18(23)22-9-8-14-13(10-22)17-12-6-4-5-7-16(12)24-11-15(17)21-20-14/h4-7H,8-11H2,1-3H3. The van der Waals surface area contributed by atoms with E-state index in [2.05, 4.69) is 10.2 Å². The zero-order valence-electron chi connectivity index (χ0n) is 14.7. The predicted molar refractivity (Wildman–Crippen MR) is 92.1 cm³/mol. The fourth-order valence-corrected chi connectivity index (χ4v) is 3.28. The van der Waals surface area contributed by atoms with Crippen molar-refractivity contribution in [2.24, 2.45) is 0 Å². The summed E-state index contributed by atoms with van der Waals surface area (Å²) in [6.07, 6.45) is 0.391. The molecule has 0 unspecified atom stereocenters. The molecule has 2 aromatic rings. The lowest BCUT2D eigenvalue weighted by Crippen LogP contribution is -2.40. The van der Waals surface area contributed by atoms with E-state index in [0.717, 1.165) is 33.8 Å². The zero-order chi connectivity index (χ0) is 17.6. The number of carbonyl (C=O) groups is 1. The topological polar surface area (TPSA) is 64.5 Å². The van der Waals surface area contributed by atoms with Gasteiger partial charge in [-0.05, 0) is 26.8 Å². The first-order valence-electron chi connectivity index (χ1n) is 8.50. The van der Waals surface area contributed by atoms with Crippen LogP contribution in [-0.2, 0) is 24.3 Å². The first kappa shape index (κ1) is 15.9. The van der Waals surface area contributed by atoms with Gasteiger partial charge in [0, 0.05) is 29.7 Å². The Morgan fingerprint density at radius 3 is 2.76 bits per heavy atom. The van der Waals surface area contributed by atoms with E-state index in [9.17, 15) is 4.79 Å². The molecule has 1 aromatic heterocycles. The Kier molecular flexibility index (Phi) is 3.63. The number of amides is 1. The van der Waals surface area contributed by atoms with Crippen LogP contribution in [0.2, 0.25) is 0 Å². The molecule has 0 atom stereocenters. The molecule has 130 valence electrons. The van der Waals surface area contributed by atoms with Crippen molar-refractivity contribution < 1.29 is 14.3 Å². The Labute approximate surface area is 146 Å². The quantitative estimate of drug-likeness (QED) is 0.736. The first-order chi connectivity index (χ1) is 11.9. The van der Waals surface area contributed by atoms with Gasteiger partial charge >= 0.3 is 6.09 Å². The van der Waals surface area contributed by atoms with Gasteiger partial charge in [0.05, 0.1) is 12.2 Å². The second-order valence-electron chi connectivity index (χ2n) is 7.38. The Morgan fingerprint density at radius 2 is 1.96 bits per heavy atom. The lowest BCUT2D eigenvalue weighted by Gasteiger charge is -2.33. The maximum absolute atomic E-state index is 12.5. The molecule has 6 nitrogen and oxygen atoms in total. The molecule has 6 heteroatoms. The van der Waals surface area contributed by atoms with Crippen LogP contribution in [0.25, 0.3) is 11.1 Å². The normalized spacial score (nSPS) is 15.6. The second kappa shape index (κ2) is 5.72. The minimum atomic E-state index is -0.506. The van der Waals surface area contributed by atoms with Crippen LogP contribution in [0.1, 0.15) is 37.7 Å². The molecule has 0 saturated carbocycles. The maximum Gasteiger partial charge on any atom is 0.410 e. The van der Waals surface area contributed by atoms with Crippen LogP contribution in [-0.4, -0.2) is 33.3 Å². The molecule has 1 amide bonds. The van der Waals surface area contributed by atoms with Crippen molar-refractivity contribution in [2.75, 3.05) is 6.54 Å². The molecule has 4 rings (SSSR count). The van der Waals surface area contributed by atoms with Crippen LogP contribution in [0.3, 0.4) is 0 Å². The van der Waals surface area contributed by atoms with E-state index in [1.165, 1.54) is 0 Å². The molecule has 0 spiro atoms. The molecule has 0 aliphatic carbocycles. The van der Waals surface area contributed by atoms with Gasteiger partial charge in [0.25, 0.3) is 0 Å². The second-order valence-corrected chi connectivity index (χ2v) is 7.38. The van der Waals surface area contributed by atoms with E-state index in [-0.39, 0.29) is 6.09 Å². The summed E-state index contributed by atoms with van der Waals surface area (Å²) in [5, 5.41) is 8.72. The SMILES string of the molecule is CC(C)(C)OC(=O)N1CCc2nnc3c(c2C1)-c1ccccc1OC3. The van der Waals surface area contributed by atoms with Crippen LogP contribution in [0, 0.1) is 0 Å². The molecule has 0 fully saturated rings. The number of hydrogen-bond donors (Lipinski definition) is 0. The number of nitrogens with zero attached hydrogens (tertiary/aromatic N) is 3. The molecular weight excluding hydrogens is 318 g/mol. The highest BCUT2D eigenvalue weighted by atomic mass is 16.6. The van der Waals surface area contributed by atoms with Gasteiger partial charge in [0.1, 0.15) is 23.7 Å². The number of hydrogen-bond acceptors (Lipinski definition) is 5. The van der Waals surface area contributed by atoms with Gasteiger partial charge in [0.2, 0.25) is 0 Å². The summed E-state index contributed by atoms with van der Waals surface area (Å²) in [5.41, 5.74) is 4.39. The average Bonchev–Trinajstić information content (AvgIpc) is 2.59. The summed E-state index contributed by atoms with van der Waals surface area (Å²) >= 11 is 0. The molecule has 3 heterocycles. The van der Waals surface area contributed by atoms with Crippen molar-refractivity contribution in [3.05, 3.63) is 41.2 Å². The van der Waals surface area contributed by atoms with Gasteiger partial charge in [-0.1, -0.05) is 18.2 Å². The van der Waals surface area contributed by atoms with Crippen LogP contribution in [0.4, 0.5) is 4.79 Å². The molecule has 1 aromatic carbocycles. The van der Waals surface area contributed by atoms with E-state index < -0.39 is 5.60 Å². The fourth-order valence-electron chi connectivity index (χ4n) is 3.28. The highest BCUT2D eigenvalue weighted by Gasteiger charge is 2.31. The number of benzene rings is 1. The molecule has 0 bridgehead atoms. The van der Waals surface area contributed by atoms with Crippen molar-refractivity contribution >= 4 is 6.09 Å². The lowest BCUT2D eigenvalue weighted by atomic mass is 9.92. The monoisotopic (exact) mass is 339 g/mol. The van der Waals surface area contributed by atoms with E-state index in [1.54, 1.807) is 4.90 Å². The molecule has 0 saturated heterocycles. The third-order valence-corrected chi connectivity index (χ3v) is 4.37. The van der Waals surface area contributed by atoms with Crippen molar-refractivity contribution in [1.29, 1.82) is 0 Å². The Balaban J connectivity index is 1.72. The fraction of sp³-hybridized carbons (Fsp3) is 0.421. The number of carbonyl (C=O) groups excluding carboxylic acids is 1. The van der Waals surface area contributed by atoms with Crippen molar-refractivity contribution in [1.82, 2.24) is 15.1 Å². The van der Waals surface area contributed by atoms with Gasteiger partial charge in [-0.2, -0.15) is 10.2 Å². The highest BCUT2D eigenvalue weighted by Crippen LogP contribution is 2.40. The summed E-state index contributed by atoms with van der Waals surface area (Å²) in [4.78, 5) is 14.2. The first-order valence-corrected chi connectivity index (χ1v) is 8.50. The summed E-state index contributed by atoms with van der Waals surface area (Å²) in [7, 11) is 0. The van der Waals surface area contributed by atoms with Crippen LogP contribution >= 0.6 is 0 Å². The Hall–Kier alpha value is -2.63. The zero-order valence-corrected chi connectivity index (χ0v) is 14.7. The summed E-state index contributed by atoms with van der Waals surface area (Å²) in [6.45, 7) is 7.11. The third kappa shape index (κ3) is 2.92. The number of ether oxygens (including phenoxy) is 2. The summed E-state index contributed by atoms with van der Waals surface area (Å²) in [5.74, 6) is 0.847. The van der Waals surface area contributed by atoms with E-state index in [4.69, 9.17) is 9.47 Å². The third-order valence-electron chi connectivity index (χ3n) is 4.37. The summed E-state index contributed by atoms with van der Waals surface area (Å²) in [6, 6.07) is 7.93. The van der Waals surface area contributed by atoms with E-state index >= 15 is 0 Å². The van der Waals surface area contributed by atoms with Crippen molar-refractivity contribution in [2.45, 2.75) is 45.9 Å². The summed E-state index contributed by atoms with van der Waals surface area (Å²) < 4.78 is 11.3. The Morgan fingerprint density at radius 1 is 1.20 bits per heavy atom. The van der Waals surface area contributed by atoms with Gasteiger partial charge in [0.15, 0.2) is 0 Å². The van der Waals surface area contributed by atoms with Gasteiger partial charge < -0.3 is 14.4 Å². The smallest absolute Gasteiger partial charge is 0.410 e. The maximum atomic E-state index is 12.5. The van der Waals surface area contributed by atoms with Gasteiger partial charge in [-0.15, -0.1) is 0 Å². The largest absolute Gasteiger partial charge is 0.487 e. The number of fused-ring (bicyclic) bond motifs is 5. The van der Waals surface area contributed by atoms with E-state index in [1.807, 2.05) is 45.0 Å². The number of aromatic nitrogens is 2.